The number of rotatable bonds is 5. The van der Waals surface area contributed by atoms with Crippen molar-refractivity contribution >= 4 is 21.9 Å². The van der Waals surface area contributed by atoms with Crippen molar-refractivity contribution in [3.8, 4) is 0 Å². The van der Waals surface area contributed by atoms with Crippen LogP contribution in [0.15, 0.2) is 29.2 Å². The van der Waals surface area contributed by atoms with Gasteiger partial charge in [-0.25, -0.2) is 17.9 Å². The second-order valence-electron chi connectivity index (χ2n) is 4.90. The summed E-state index contributed by atoms with van der Waals surface area (Å²) in [4.78, 5) is 22.1. The minimum absolute atomic E-state index is 0.356. The molecule has 1 amide bonds. The van der Waals surface area contributed by atoms with E-state index in [9.17, 15) is 40.0 Å². The Morgan fingerprint density at radius 1 is 1.08 bits per heavy atom. The lowest BCUT2D eigenvalue weighted by atomic mass is 10.2. The summed E-state index contributed by atoms with van der Waals surface area (Å²) in [6.07, 6.45) is -8.42. The Bertz CT molecular complexity index is 758. The zero-order valence-electron chi connectivity index (χ0n) is 12.7. The first kappa shape index (κ1) is 20.8. The number of hydrogen-bond acceptors (Lipinski definition) is 5. The highest BCUT2D eigenvalue weighted by molar-refractivity contribution is 7.90. The van der Waals surface area contributed by atoms with Gasteiger partial charge in [-0.3, -0.25) is 4.79 Å². The smallest absolute Gasteiger partial charge is 0.448 e. The summed E-state index contributed by atoms with van der Waals surface area (Å²) in [6, 6.07) is 5.09. The molecule has 6 nitrogen and oxygen atoms in total. The van der Waals surface area contributed by atoms with Gasteiger partial charge in [-0.15, -0.1) is 0 Å². The number of esters is 1. The minimum atomic E-state index is -6.21. The number of aryl methyl sites for hydroxylation is 1. The van der Waals surface area contributed by atoms with Crippen molar-refractivity contribution in [1.82, 2.24) is 4.72 Å². The average Bonchev–Trinajstić information content (AvgIpc) is 2.45. The lowest BCUT2D eigenvalue weighted by Gasteiger charge is -2.20. The van der Waals surface area contributed by atoms with E-state index >= 15 is 0 Å². The molecule has 1 N–H and O–H groups in total. The monoisotopic (exact) mass is 389 g/mol. The van der Waals surface area contributed by atoms with Crippen LogP contribution in [0.25, 0.3) is 0 Å². The summed E-state index contributed by atoms with van der Waals surface area (Å²) in [7, 11) is -4.42. The van der Waals surface area contributed by atoms with Crippen molar-refractivity contribution in [3.05, 3.63) is 29.8 Å². The predicted octanol–water partition coefficient (Wildman–Crippen LogP) is 1.93. The highest BCUT2D eigenvalue weighted by atomic mass is 32.2. The van der Waals surface area contributed by atoms with Crippen LogP contribution in [0.2, 0.25) is 0 Å². The van der Waals surface area contributed by atoms with E-state index in [0.717, 1.165) is 12.1 Å². The molecule has 0 aromatic heterocycles. The number of carbonyl (C=O) groups is 2. The van der Waals surface area contributed by atoms with Gasteiger partial charge in [-0.05, 0) is 26.0 Å². The Hall–Kier alpha value is -2.24. The topological polar surface area (TPSA) is 89.5 Å². The van der Waals surface area contributed by atoms with Gasteiger partial charge in [-0.1, -0.05) is 17.7 Å². The Balaban J connectivity index is 2.83. The fourth-order valence-electron chi connectivity index (χ4n) is 1.40. The number of hydrogen-bond donors (Lipinski definition) is 1. The Kier molecular flexibility index (Phi) is 5.78. The quantitative estimate of drug-likeness (QED) is 0.614. The van der Waals surface area contributed by atoms with E-state index in [2.05, 4.69) is 4.74 Å². The highest BCUT2D eigenvalue weighted by Gasteiger charge is 2.65. The van der Waals surface area contributed by atoms with Crippen LogP contribution in [0.5, 0.6) is 0 Å². The third kappa shape index (κ3) is 4.87. The predicted molar refractivity (Wildman–Crippen MR) is 73.1 cm³/mol. The van der Waals surface area contributed by atoms with Crippen molar-refractivity contribution in [1.29, 1.82) is 0 Å². The standard InChI is InChI=1S/C13H12F5NO5S/c1-7-3-5-9(6-4-7)25(22,23)19-10(20)8(2)24-11(21)12(14,15)13(16,17)18/h3-6,8H,1-2H3,(H,19,20). The molecule has 1 aromatic carbocycles. The van der Waals surface area contributed by atoms with Crippen LogP contribution in [0.3, 0.4) is 0 Å². The normalized spacial score (nSPS) is 13.9. The van der Waals surface area contributed by atoms with Crippen LogP contribution in [0.1, 0.15) is 12.5 Å². The summed E-state index contributed by atoms with van der Waals surface area (Å²) in [5.41, 5.74) is 0.710. The van der Waals surface area contributed by atoms with Gasteiger partial charge >= 0.3 is 18.1 Å². The molecule has 1 rings (SSSR count). The zero-order chi connectivity index (χ0) is 19.6. The van der Waals surface area contributed by atoms with Gasteiger partial charge in [0.1, 0.15) is 0 Å². The lowest BCUT2D eigenvalue weighted by molar-refractivity contribution is -0.281. The molecule has 0 aliphatic heterocycles. The minimum Gasteiger partial charge on any atom is -0.448 e. The van der Waals surface area contributed by atoms with Crippen molar-refractivity contribution in [2.45, 2.75) is 36.9 Å². The molecule has 0 spiro atoms. The summed E-state index contributed by atoms with van der Waals surface area (Å²) >= 11 is 0. The van der Waals surface area contributed by atoms with Crippen molar-refractivity contribution in [3.63, 3.8) is 0 Å². The lowest BCUT2D eigenvalue weighted by Crippen LogP contribution is -2.48. The number of nitrogens with one attached hydrogen (secondary N) is 1. The Labute approximate surface area is 139 Å². The molecule has 0 aliphatic carbocycles. The molecule has 12 heteroatoms. The molecule has 0 saturated heterocycles. The van der Waals surface area contributed by atoms with E-state index < -0.39 is 40.1 Å². The van der Waals surface area contributed by atoms with Gasteiger partial charge in [-0.2, -0.15) is 22.0 Å². The first-order valence-corrected chi connectivity index (χ1v) is 7.96. The number of halogens is 5. The molecular formula is C13H12F5NO5S. The number of benzene rings is 1. The number of alkyl halides is 5. The third-order valence-corrected chi connectivity index (χ3v) is 4.19. The molecule has 0 aliphatic rings. The highest BCUT2D eigenvalue weighted by Crippen LogP contribution is 2.36. The largest absolute Gasteiger partial charge is 0.465 e. The van der Waals surface area contributed by atoms with Gasteiger partial charge in [0.05, 0.1) is 4.90 Å². The molecule has 25 heavy (non-hydrogen) atoms. The molecule has 0 saturated carbocycles. The first-order chi connectivity index (χ1) is 11.2. The van der Waals surface area contributed by atoms with Crippen molar-refractivity contribution in [2.24, 2.45) is 0 Å². The molecule has 1 unspecified atom stereocenters. The first-order valence-electron chi connectivity index (χ1n) is 6.47. The van der Waals surface area contributed by atoms with Crippen LogP contribution < -0.4 is 4.72 Å². The van der Waals surface area contributed by atoms with Gasteiger partial charge in [0.15, 0.2) is 6.10 Å². The van der Waals surface area contributed by atoms with Gasteiger partial charge < -0.3 is 4.74 Å². The SMILES string of the molecule is Cc1ccc(S(=O)(=O)NC(=O)C(C)OC(=O)C(F)(F)C(F)(F)F)cc1. The Morgan fingerprint density at radius 2 is 1.56 bits per heavy atom. The van der Waals surface area contributed by atoms with Crippen LogP contribution in [0, 0.1) is 6.92 Å². The van der Waals surface area contributed by atoms with E-state index in [1.165, 1.54) is 16.9 Å². The van der Waals surface area contributed by atoms with E-state index in [1.54, 1.807) is 6.92 Å². The summed E-state index contributed by atoms with van der Waals surface area (Å²) in [5.74, 6) is -10.4. The summed E-state index contributed by atoms with van der Waals surface area (Å²) in [6.45, 7) is 2.31. The van der Waals surface area contributed by atoms with E-state index in [-0.39, 0.29) is 4.90 Å². The maximum Gasteiger partial charge on any atom is 0.465 e. The Morgan fingerprint density at radius 3 is 2.00 bits per heavy atom. The molecule has 0 fully saturated rings. The molecule has 0 radical (unpaired) electrons. The summed E-state index contributed by atoms with van der Waals surface area (Å²) in [5, 5.41) is 0. The van der Waals surface area contributed by atoms with E-state index in [4.69, 9.17) is 0 Å². The number of ether oxygens (including phenoxy) is 1. The van der Waals surface area contributed by atoms with Crippen molar-refractivity contribution in [2.75, 3.05) is 0 Å². The number of amides is 1. The molecule has 0 heterocycles. The fourth-order valence-corrected chi connectivity index (χ4v) is 2.44. The van der Waals surface area contributed by atoms with Crippen LogP contribution in [-0.4, -0.2) is 38.5 Å². The van der Waals surface area contributed by atoms with E-state index in [1.807, 2.05) is 0 Å². The van der Waals surface area contributed by atoms with Crippen LogP contribution in [-0.2, 0) is 24.3 Å². The fraction of sp³-hybridized carbons (Fsp3) is 0.385. The summed E-state index contributed by atoms with van der Waals surface area (Å²) < 4.78 is 90.5. The second-order valence-corrected chi connectivity index (χ2v) is 6.58. The average molecular weight is 389 g/mol. The van der Waals surface area contributed by atoms with Gasteiger partial charge in [0.25, 0.3) is 15.9 Å². The maximum atomic E-state index is 12.7. The molecule has 140 valence electrons. The van der Waals surface area contributed by atoms with Crippen molar-refractivity contribution < 1.29 is 44.7 Å². The molecule has 0 bridgehead atoms. The molecule has 1 atom stereocenters. The van der Waals surface area contributed by atoms with E-state index in [0.29, 0.717) is 12.5 Å². The second kappa shape index (κ2) is 6.94. The molecular weight excluding hydrogens is 377 g/mol. The van der Waals surface area contributed by atoms with Gasteiger partial charge in [0.2, 0.25) is 0 Å². The molecule has 1 aromatic rings. The number of sulfonamides is 1. The third-order valence-electron chi connectivity index (χ3n) is 2.83. The maximum absolute atomic E-state index is 12.7. The van der Waals surface area contributed by atoms with Gasteiger partial charge in [0, 0.05) is 0 Å². The zero-order valence-corrected chi connectivity index (χ0v) is 13.5. The number of carbonyl (C=O) groups excluding carboxylic acids is 2. The van der Waals surface area contributed by atoms with Crippen LogP contribution in [0.4, 0.5) is 22.0 Å². The van der Waals surface area contributed by atoms with Crippen LogP contribution >= 0.6 is 0 Å².